The topological polar surface area (TPSA) is 149 Å². The summed E-state index contributed by atoms with van der Waals surface area (Å²) in [7, 11) is 0. The SMILES string of the molecule is CC(C=O)CCCCCCC(CCC([N-]c1ccc[nH]1)C(=CC(=O)O)CN=C(N)N)c1ccc2ccccc2c1. The highest BCUT2D eigenvalue weighted by atomic mass is 16.4. The summed E-state index contributed by atoms with van der Waals surface area (Å²) in [5.41, 5.74) is 13.0. The number of carboxylic acid groups (broad SMARTS) is 1. The van der Waals surface area contributed by atoms with Crippen LogP contribution in [-0.2, 0) is 9.59 Å². The van der Waals surface area contributed by atoms with Crippen LogP contribution in [0, 0.1) is 5.92 Å². The lowest BCUT2D eigenvalue weighted by atomic mass is 9.85. The van der Waals surface area contributed by atoms with Crippen molar-refractivity contribution in [3.63, 3.8) is 0 Å². The van der Waals surface area contributed by atoms with E-state index in [0.29, 0.717) is 17.8 Å². The molecule has 0 saturated carbocycles. The number of carboxylic acids is 1. The molecule has 40 heavy (non-hydrogen) atoms. The van der Waals surface area contributed by atoms with Crippen LogP contribution in [0.2, 0.25) is 0 Å². The molecule has 3 aromatic rings. The zero-order valence-electron chi connectivity index (χ0n) is 23.3. The summed E-state index contributed by atoms with van der Waals surface area (Å²) in [6, 6.07) is 18.3. The number of hydrogen-bond donors (Lipinski definition) is 4. The Hall–Kier alpha value is -4.07. The number of aliphatic carboxylic acids is 1. The van der Waals surface area contributed by atoms with Crippen LogP contribution in [-0.4, -0.2) is 40.9 Å². The van der Waals surface area contributed by atoms with Gasteiger partial charge in [0.15, 0.2) is 5.96 Å². The Bertz CT molecular complexity index is 1260. The van der Waals surface area contributed by atoms with Crippen LogP contribution in [0.3, 0.4) is 0 Å². The summed E-state index contributed by atoms with van der Waals surface area (Å²) in [6.45, 7) is 2.04. The number of benzene rings is 2. The van der Waals surface area contributed by atoms with Crippen LogP contribution >= 0.6 is 0 Å². The molecule has 3 unspecified atom stereocenters. The Morgan fingerprint density at radius 3 is 2.40 bits per heavy atom. The highest BCUT2D eigenvalue weighted by Crippen LogP contribution is 2.34. The molecule has 8 nitrogen and oxygen atoms in total. The van der Waals surface area contributed by atoms with E-state index < -0.39 is 12.0 Å². The number of H-pyrrole nitrogens is 1. The van der Waals surface area contributed by atoms with Gasteiger partial charge in [0.25, 0.3) is 0 Å². The largest absolute Gasteiger partial charge is 0.478 e. The predicted octanol–water partition coefficient (Wildman–Crippen LogP) is 6.57. The van der Waals surface area contributed by atoms with Crippen molar-refractivity contribution in [3.8, 4) is 0 Å². The fraction of sp³-hybridized carbons (Fsp3) is 0.406. The van der Waals surface area contributed by atoms with Crippen LogP contribution in [0.4, 0.5) is 5.82 Å². The molecule has 8 heteroatoms. The molecule has 1 heterocycles. The van der Waals surface area contributed by atoms with Gasteiger partial charge in [-0.25, -0.2) is 9.79 Å². The van der Waals surface area contributed by atoms with Crippen molar-refractivity contribution in [2.45, 2.75) is 70.3 Å². The number of nitrogens with two attached hydrogens (primary N) is 2. The Morgan fingerprint density at radius 2 is 1.73 bits per heavy atom. The van der Waals surface area contributed by atoms with Gasteiger partial charge in [0, 0.05) is 12.0 Å². The van der Waals surface area contributed by atoms with Crippen LogP contribution in [0.25, 0.3) is 16.1 Å². The lowest BCUT2D eigenvalue weighted by Gasteiger charge is -2.29. The van der Waals surface area contributed by atoms with Gasteiger partial charge in [-0.15, -0.1) is 0 Å². The molecular formula is C32H42N5O3-. The Kier molecular flexibility index (Phi) is 12.3. The molecule has 2 aromatic carbocycles. The van der Waals surface area contributed by atoms with Crippen molar-refractivity contribution in [2.24, 2.45) is 22.4 Å². The summed E-state index contributed by atoms with van der Waals surface area (Å²) < 4.78 is 0. The maximum Gasteiger partial charge on any atom is 0.328 e. The molecule has 1 aromatic heterocycles. The molecule has 3 atom stereocenters. The van der Waals surface area contributed by atoms with Gasteiger partial charge < -0.3 is 31.7 Å². The highest BCUT2D eigenvalue weighted by Gasteiger charge is 2.18. The number of aromatic nitrogens is 1. The molecule has 0 aliphatic heterocycles. The average Bonchev–Trinajstić information content (AvgIpc) is 3.46. The minimum absolute atomic E-state index is 0.0728. The van der Waals surface area contributed by atoms with Gasteiger partial charge in [0.1, 0.15) is 6.29 Å². The zero-order chi connectivity index (χ0) is 28.7. The number of unbranched alkanes of at least 4 members (excludes halogenated alkanes) is 3. The molecule has 0 aliphatic rings. The monoisotopic (exact) mass is 544 g/mol. The molecule has 0 saturated heterocycles. The second kappa shape index (κ2) is 16.1. The number of aromatic amines is 1. The van der Waals surface area contributed by atoms with E-state index in [-0.39, 0.29) is 24.3 Å². The fourth-order valence-electron chi connectivity index (χ4n) is 5.07. The van der Waals surface area contributed by atoms with Crippen molar-refractivity contribution in [1.82, 2.24) is 4.98 Å². The quantitative estimate of drug-likeness (QED) is 0.0470. The highest BCUT2D eigenvalue weighted by molar-refractivity contribution is 5.83. The Labute approximate surface area is 237 Å². The summed E-state index contributed by atoms with van der Waals surface area (Å²) in [4.78, 5) is 29.8. The van der Waals surface area contributed by atoms with Gasteiger partial charge in [-0.05, 0) is 59.6 Å². The van der Waals surface area contributed by atoms with E-state index in [1.54, 1.807) is 6.20 Å². The number of fused-ring (bicyclic) bond motifs is 1. The lowest BCUT2D eigenvalue weighted by Crippen LogP contribution is -2.24. The summed E-state index contributed by atoms with van der Waals surface area (Å²) >= 11 is 0. The number of nitrogens with zero attached hydrogens (tertiary/aromatic N) is 2. The van der Waals surface area contributed by atoms with E-state index in [2.05, 4.69) is 46.4 Å². The number of nitrogens with one attached hydrogen (secondary N) is 1. The number of carbonyl (C=O) groups is 2. The molecule has 6 N–H and O–H groups in total. The normalized spacial score (nSPS) is 13.9. The molecule has 0 fully saturated rings. The summed E-state index contributed by atoms with van der Waals surface area (Å²) in [5, 5.41) is 16.8. The number of aliphatic imine (C=N–C) groups is 1. The van der Waals surface area contributed by atoms with E-state index >= 15 is 0 Å². The average molecular weight is 545 g/mol. The summed E-state index contributed by atoms with van der Waals surface area (Å²) in [6.07, 6.45) is 11.8. The molecule has 0 spiro atoms. The van der Waals surface area contributed by atoms with Crippen LogP contribution in [0.15, 0.2) is 77.4 Å². The minimum atomic E-state index is -1.05. The van der Waals surface area contributed by atoms with Crippen LogP contribution < -0.4 is 11.5 Å². The number of carbonyl (C=O) groups excluding carboxylic acids is 1. The van der Waals surface area contributed by atoms with Gasteiger partial charge in [-0.1, -0.05) is 99.2 Å². The van der Waals surface area contributed by atoms with Crippen molar-refractivity contribution < 1.29 is 14.7 Å². The van der Waals surface area contributed by atoms with E-state index in [0.717, 1.165) is 51.2 Å². The van der Waals surface area contributed by atoms with E-state index in [4.69, 9.17) is 16.8 Å². The number of guanidine groups is 1. The molecule has 0 aliphatic carbocycles. The van der Waals surface area contributed by atoms with E-state index in [1.165, 1.54) is 22.4 Å². The smallest absolute Gasteiger partial charge is 0.328 e. The standard InChI is InChI=1S/C32H42N5O3/c1-23(22-38)9-4-2-3-5-10-25(27-15-14-24-11-6-7-12-26(24)19-27)16-17-29(37-30-13-8-18-35-30)28(20-31(39)40)21-36-32(33)34/h6-8,11-15,18-20,22-23,25,29,35H,2-5,9-10,16-17,21H2,1H3,(H,39,40)(H4,33,34,36)/q-1. The predicted molar refractivity (Wildman–Crippen MR) is 163 cm³/mol. The molecule has 3 rings (SSSR count). The van der Waals surface area contributed by atoms with Crippen molar-refractivity contribution >= 4 is 34.8 Å². The first-order valence-electron chi connectivity index (χ1n) is 14.1. The Balaban J connectivity index is 1.79. The third kappa shape index (κ3) is 10.2. The number of rotatable bonds is 18. The minimum Gasteiger partial charge on any atom is -0.478 e. The van der Waals surface area contributed by atoms with Crippen molar-refractivity contribution in [3.05, 3.63) is 83.3 Å². The summed E-state index contributed by atoms with van der Waals surface area (Å²) in [5.74, 6) is -0.0570. The van der Waals surface area contributed by atoms with Crippen LogP contribution in [0.1, 0.15) is 69.8 Å². The first-order chi connectivity index (χ1) is 19.4. The van der Waals surface area contributed by atoms with Gasteiger partial charge in [-0.2, -0.15) is 0 Å². The first kappa shape index (κ1) is 30.5. The number of hydrogen-bond acceptors (Lipinski definition) is 3. The Morgan fingerprint density at radius 1 is 0.975 bits per heavy atom. The van der Waals surface area contributed by atoms with Crippen LogP contribution in [0.5, 0.6) is 0 Å². The third-order valence-corrected chi connectivity index (χ3v) is 7.29. The molecule has 0 bridgehead atoms. The third-order valence-electron chi connectivity index (χ3n) is 7.29. The first-order valence-corrected chi connectivity index (χ1v) is 14.1. The second-order valence-electron chi connectivity index (χ2n) is 10.5. The van der Waals surface area contributed by atoms with Gasteiger partial charge in [0.05, 0.1) is 6.54 Å². The second-order valence-corrected chi connectivity index (χ2v) is 10.5. The van der Waals surface area contributed by atoms with Gasteiger partial charge in [-0.3, -0.25) is 0 Å². The maximum atomic E-state index is 11.7. The molecular weight excluding hydrogens is 502 g/mol. The van der Waals surface area contributed by atoms with E-state index in [1.807, 2.05) is 25.1 Å². The number of aldehydes is 1. The van der Waals surface area contributed by atoms with E-state index in [9.17, 15) is 14.7 Å². The fourth-order valence-corrected chi connectivity index (χ4v) is 5.07. The lowest BCUT2D eigenvalue weighted by molar-refractivity contribution is -0.131. The van der Waals surface area contributed by atoms with Gasteiger partial charge >= 0.3 is 5.97 Å². The molecule has 214 valence electrons. The zero-order valence-corrected chi connectivity index (χ0v) is 23.3. The van der Waals surface area contributed by atoms with Crippen molar-refractivity contribution in [1.29, 1.82) is 0 Å². The molecule has 0 amide bonds. The van der Waals surface area contributed by atoms with Gasteiger partial charge in [0.2, 0.25) is 0 Å². The maximum absolute atomic E-state index is 11.7. The molecule has 0 radical (unpaired) electrons. The van der Waals surface area contributed by atoms with Crippen molar-refractivity contribution in [2.75, 3.05) is 6.54 Å².